The standard InChI is InChI=1S/C24H24F3NO2S2/c25-24(26,27)23-4-2-1-3-19(23)9-13-28-14-10-22(11-15-28)32(29,30)21-7-5-18(6-8-21)20-12-16-31-17-20/h1-8,12,16-17,22H,9-11,13-15H2. The van der Waals surface area contributed by atoms with Gasteiger partial charge in [0.05, 0.1) is 15.7 Å². The quantitative estimate of drug-likeness (QED) is 0.441. The highest BCUT2D eigenvalue weighted by atomic mass is 32.2. The van der Waals surface area contributed by atoms with Crippen molar-refractivity contribution in [3.05, 3.63) is 76.5 Å². The number of alkyl halides is 3. The summed E-state index contributed by atoms with van der Waals surface area (Å²) in [6.07, 6.45) is -3.11. The maximum Gasteiger partial charge on any atom is 0.416 e. The number of halogens is 3. The SMILES string of the molecule is O=S(=O)(c1ccc(-c2ccsc2)cc1)C1CCN(CCc2ccccc2C(F)(F)F)CC1. The van der Waals surface area contributed by atoms with Crippen LogP contribution >= 0.6 is 11.3 Å². The van der Waals surface area contributed by atoms with Crippen molar-refractivity contribution in [3.63, 3.8) is 0 Å². The Morgan fingerprint density at radius 2 is 1.62 bits per heavy atom. The van der Waals surface area contributed by atoms with Crippen molar-refractivity contribution in [3.8, 4) is 11.1 Å². The van der Waals surface area contributed by atoms with Gasteiger partial charge in [0.2, 0.25) is 0 Å². The number of nitrogens with zero attached hydrogens (tertiary/aromatic N) is 1. The van der Waals surface area contributed by atoms with E-state index >= 15 is 0 Å². The van der Waals surface area contributed by atoms with Gasteiger partial charge in [0, 0.05) is 6.54 Å². The predicted octanol–water partition coefficient (Wildman–Crippen LogP) is 5.91. The molecule has 0 bridgehead atoms. The van der Waals surface area contributed by atoms with E-state index in [-0.39, 0.29) is 12.0 Å². The van der Waals surface area contributed by atoms with E-state index in [0.717, 1.165) is 17.2 Å². The third-order valence-corrected chi connectivity index (χ3v) is 8.99. The zero-order valence-corrected chi connectivity index (χ0v) is 19.0. The highest BCUT2D eigenvalue weighted by Crippen LogP contribution is 2.32. The van der Waals surface area contributed by atoms with Crippen molar-refractivity contribution < 1.29 is 21.6 Å². The Bertz CT molecular complexity index is 1130. The molecule has 1 aliphatic rings. The smallest absolute Gasteiger partial charge is 0.303 e. The van der Waals surface area contributed by atoms with E-state index in [2.05, 4.69) is 4.90 Å². The molecule has 170 valence electrons. The number of sulfone groups is 1. The van der Waals surface area contributed by atoms with Crippen LogP contribution in [0.2, 0.25) is 0 Å². The number of piperidine rings is 1. The minimum Gasteiger partial charge on any atom is -0.303 e. The van der Waals surface area contributed by atoms with Crippen LogP contribution in [0.3, 0.4) is 0 Å². The lowest BCUT2D eigenvalue weighted by atomic mass is 10.0. The molecule has 3 nitrogen and oxygen atoms in total. The van der Waals surface area contributed by atoms with Crippen molar-refractivity contribution in [2.45, 2.75) is 35.6 Å². The highest BCUT2D eigenvalue weighted by molar-refractivity contribution is 7.92. The molecule has 0 saturated carbocycles. The van der Waals surface area contributed by atoms with Gasteiger partial charge in [0.15, 0.2) is 9.84 Å². The largest absolute Gasteiger partial charge is 0.416 e. The van der Waals surface area contributed by atoms with Gasteiger partial charge in [-0.15, -0.1) is 0 Å². The number of thiophene rings is 1. The second-order valence-corrected chi connectivity index (χ2v) is 11.0. The molecule has 0 aliphatic carbocycles. The van der Waals surface area contributed by atoms with E-state index in [1.165, 1.54) is 12.1 Å². The fourth-order valence-corrected chi connectivity index (χ4v) is 6.59. The van der Waals surface area contributed by atoms with Gasteiger partial charge in [-0.25, -0.2) is 8.42 Å². The van der Waals surface area contributed by atoms with Gasteiger partial charge in [-0.2, -0.15) is 24.5 Å². The van der Waals surface area contributed by atoms with Crippen LogP contribution in [-0.4, -0.2) is 38.2 Å². The van der Waals surface area contributed by atoms with Crippen LogP contribution in [0.25, 0.3) is 11.1 Å². The monoisotopic (exact) mass is 479 g/mol. The summed E-state index contributed by atoms with van der Waals surface area (Å²) in [6, 6.07) is 14.6. The Kier molecular flexibility index (Phi) is 6.74. The number of hydrogen-bond acceptors (Lipinski definition) is 4. The van der Waals surface area contributed by atoms with Gasteiger partial charge in [0.1, 0.15) is 0 Å². The summed E-state index contributed by atoms with van der Waals surface area (Å²) in [4.78, 5) is 2.38. The van der Waals surface area contributed by atoms with Gasteiger partial charge < -0.3 is 4.90 Å². The van der Waals surface area contributed by atoms with E-state index in [9.17, 15) is 21.6 Å². The van der Waals surface area contributed by atoms with Gasteiger partial charge in [-0.05, 0) is 84.1 Å². The first kappa shape index (κ1) is 23.0. The molecule has 32 heavy (non-hydrogen) atoms. The predicted molar refractivity (Wildman–Crippen MR) is 122 cm³/mol. The molecule has 1 aromatic heterocycles. The maximum atomic E-state index is 13.2. The zero-order chi connectivity index (χ0) is 22.8. The first-order chi connectivity index (χ1) is 15.2. The van der Waals surface area contributed by atoms with Crippen molar-refractivity contribution in [1.29, 1.82) is 0 Å². The summed E-state index contributed by atoms with van der Waals surface area (Å²) in [6.45, 7) is 1.60. The van der Waals surface area contributed by atoms with Crippen LogP contribution < -0.4 is 0 Å². The summed E-state index contributed by atoms with van der Waals surface area (Å²) >= 11 is 1.59. The molecule has 2 heterocycles. The third kappa shape index (κ3) is 5.08. The normalized spacial score (nSPS) is 16.3. The fraction of sp³-hybridized carbons (Fsp3) is 0.333. The maximum absolute atomic E-state index is 13.2. The molecule has 8 heteroatoms. The molecule has 0 unspecified atom stereocenters. The van der Waals surface area contributed by atoms with Crippen molar-refractivity contribution in [2.24, 2.45) is 0 Å². The molecular formula is C24H24F3NO2S2. The van der Waals surface area contributed by atoms with E-state index < -0.39 is 26.8 Å². The molecule has 0 amide bonds. The van der Waals surface area contributed by atoms with E-state index in [1.54, 1.807) is 29.5 Å². The Hall–Kier alpha value is -2.16. The summed E-state index contributed by atoms with van der Waals surface area (Å²) in [7, 11) is -3.44. The Balaban J connectivity index is 1.35. The highest BCUT2D eigenvalue weighted by Gasteiger charge is 2.34. The number of rotatable bonds is 6. The molecule has 0 N–H and O–H groups in total. The average molecular weight is 480 g/mol. The fourth-order valence-electron chi connectivity index (χ4n) is 4.19. The van der Waals surface area contributed by atoms with Crippen molar-refractivity contribution in [2.75, 3.05) is 19.6 Å². The lowest BCUT2D eigenvalue weighted by Crippen LogP contribution is -2.40. The molecule has 1 fully saturated rings. The van der Waals surface area contributed by atoms with E-state index in [1.807, 2.05) is 29.0 Å². The van der Waals surface area contributed by atoms with Crippen LogP contribution in [-0.2, 0) is 22.4 Å². The number of likely N-dealkylation sites (tertiary alicyclic amines) is 1. The minimum atomic E-state index is -4.36. The lowest BCUT2D eigenvalue weighted by molar-refractivity contribution is -0.138. The van der Waals surface area contributed by atoms with E-state index in [0.29, 0.717) is 37.4 Å². The van der Waals surface area contributed by atoms with Crippen LogP contribution in [0.1, 0.15) is 24.0 Å². The molecular weight excluding hydrogens is 455 g/mol. The molecule has 0 spiro atoms. The Morgan fingerprint density at radius 1 is 0.938 bits per heavy atom. The molecule has 3 aromatic rings. The molecule has 4 rings (SSSR count). The van der Waals surface area contributed by atoms with Crippen molar-refractivity contribution in [1.82, 2.24) is 4.90 Å². The second kappa shape index (κ2) is 9.37. The first-order valence-electron chi connectivity index (χ1n) is 10.5. The molecule has 1 aliphatic heterocycles. The van der Waals surface area contributed by atoms with Crippen LogP contribution in [0, 0.1) is 0 Å². The number of hydrogen-bond donors (Lipinski definition) is 0. The Labute approximate surface area is 190 Å². The molecule has 0 radical (unpaired) electrons. The zero-order valence-electron chi connectivity index (χ0n) is 17.4. The average Bonchev–Trinajstić information content (AvgIpc) is 3.33. The van der Waals surface area contributed by atoms with Gasteiger partial charge in [0.25, 0.3) is 0 Å². The van der Waals surface area contributed by atoms with Crippen molar-refractivity contribution >= 4 is 21.2 Å². The van der Waals surface area contributed by atoms with Gasteiger partial charge in [-0.3, -0.25) is 0 Å². The summed E-state index contributed by atoms with van der Waals surface area (Å²) < 4.78 is 65.7. The molecule has 1 saturated heterocycles. The topological polar surface area (TPSA) is 37.4 Å². The minimum absolute atomic E-state index is 0.278. The summed E-state index contributed by atoms with van der Waals surface area (Å²) in [5.74, 6) is 0. The second-order valence-electron chi connectivity index (χ2n) is 8.03. The summed E-state index contributed by atoms with van der Waals surface area (Å²) in [5, 5.41) is 3.54. The van der Waals surface area contributed by atoms with Crippen LogP contribution in [0.4, 0.5) is 13.2 Å². The Morgan fingerprint density at radius 3 is 2.25 bits per heavy atom. The first-order valence-corrected chi connectivity index (χ1v) is 13.0. The van der Waals surface area contributed by atoms with E-state index in [4.69, 9.17) is 0 Å². The van der Waals surface area contributed by atoms with Crippen LogP contribution in [0.15, 0.2) is 70.3 Å². The van der Waals surface area contributed by atoms with Gasteiger partial charge in [-0.1, -0.05) is 30.3 Å². The third-order valence-electron chi connectivity index (χ3n) is 6.03. The summed E-state index contributed by atoms with van der Waals surface area (Å²) in [5.41, 5.74) is 1.74. The molecule has 0 atom stereocenters. The number of benzene rings is 2. The molecule has 2 aromatic carbocycles. The van der Waals surface area contributed by atoms with Crippen LogP contribution in [0.5, 0.6) is 0 Å². The van der Waals surface area contributed by atoms with Gasteiger partial charge >= 0.3 is 6.18 Å². The lowest BCUT2D eigenvalue weighted by Gasteiger charge is -2.32.